The molecule has 0 aromatic heterocycles. The molecule has 15 heavy (non-hydrogen) atoms. The van der Waals surface area contributed by atoms with E-state index in [4.69, 9.17) is 9.84 Å². The van der Waals surface area contributed by atoms with Crippen LogP contribution in [0.15, 0.2) is 12.2 Å². The molecular weight excluding hydrogens is 194 g/mol. The highest BCUT2D eigenvalue weighted by atomic mass is 16.5. The van der Waals surface area contributed by atoms with E-state index in [0.29, 0.717) is 6.42 Å². The van der Waals surface area contributed by atoms with E-state index < -0.39 is 6.10 Å². The van der Waals surface area contributed by atoms with Gasteiger partial charge in [-0.25, -0.2) is 0 Å². The third kappa shape index (κ3) is 5.54. The zero-order valence-corrected chi connectivity index (χ0v) is 9.93. The monoisotopic (exact) mass is 215 g/mol. The summed E-state index contributed by atoms with van der Waals surface area (Å²) in [7, 11) is 1.69. The molecule has 0 aliphatic rings. The standard InChI is InChI=1S/C11H21NO3/c1-5-7-10(14)12(4)11(6-2)15-8-9(3)13/h5,7,9,11,13H,6,8H2,1-4H3. The second kappa shape index (κ2) is 7.43. The van der Waals surface area contributed by atoms with Gasteiger partial charge in [-0.05, 0) is 26.3 Å². The minimum absolute atomic E-state index is 0.0880. The summed E-state index contributed by atoms with van der Waals surface area (Å²) in [6.45, 7) is 5.63. The highest BCUT2D eigenvalue weighted by Crippen LogP contribution is 2.05. The number of nitrogens with zero attached hydrogens (tertiary/aromatic N) is 1. The maximum Gasteiger partial charge on any atom is 0.247 e. The Kier molecular flexibility index (Phi) is 6.99. The molecule has 0 saturated heterocycles. The van der Waals surface area contributed by atoms with E-state index >= 15 is 0 Å². The highest BCUT2D eigenvalue weighted by molar-refractivity contribution is 5.87. The molecular formula is C11H21NO3. The van der Waals surface area contributed by atoms with Crippen molar-refractivity contribution in [3.8, 4) is 0 Å². The van der Waals surface area contributed by atoms with Gasteiger partial charge in [0.1, 0.15) is 6.23 Å². The molecule has 0 aliphatic carbocycles. The number of likely N-dealkylation sites (N-methyl/N-ethyl adjacent to an activating group) is 1. The third-order valence-corrected chi connectivity index (χ3v) is 1.97. The van der Waals surface area contributed by atoms with Gasteiger partial charge in [0.25, 0.3) is 0 Å². The van der Waals surface area contributed by atoms with Gasteiger partial charge in [-0.2, -0.15) is 0 Å². The van der Waals surface area contributed by atoms with Gasteiger partial charge in [-0.1, -0.05) is 13.0 Å². The van der Waals surface area contributed by atoms with Crippen molar-refractivity contribution in [2.24, 2.45) is 0 Å². The van der Waals surface area contributed by atoms with Crippen molar-refractivity contribution >= 4 is 5.91 Å². The lowest BCUT2D eigenvalue weighted by atomic mass is 10.3. The largest absolute Gasteiger partial charge is 0.391 e. The molecule has 0 fully saturated rings. The summed E-state index contributed by atoms with van der Waals surface area (Å²) in [5.41, 5.74) is 0. The minimum atomic E-state index is -0.510. The Hall–Kier alpha value is -0.870. The molecule has 0 spiro atoms. The fourth-order valence-electron chi connectivity index (χ4n) is 1.16. The molecule has 2 atom stereocenters. The number of carbonyl (C=O) groups is 1. The van der Waals surface area contributed by atoms with E-state index in [1.165, 1.54) is 11.0 Å². The minimum Gasteiger partial charge on any atom is -0.391 e. The van der Waals surface area contributed by atoms with Crippen LogP contribution >= 0.6 is 0 Å². The number of hydrogen-bond donors (Lipinski definition) is 1. The Morgan fingerprint density at radius 2 is 2.20 bits per heavy atom. The summed E-state index contributed by atoms with van der Waals surface area (Å²) in [6, 6.07) is 0. The molecule has 4 heteroatoms. The maximum absolute atomic E-state index is 11.5. The Morgan fingerprint density at radius 1 is 1.60 bits per heavy atom. The van der Waals surface area contributed by atoms with Crippen LogP contribution < -0.4 is 0 Å². The highest BCUT2D eigenvalue weighted by Gasteiger charge is 2.17. The fraction of sp³-hybridized carbons (Fsp3) is 0.727. The normalized spacial score (nSPS) is 15.3. The molecule has 1 amide bonds. The molecule has 0 radical (unpaired) electrons. The number of hydrogen-bond acceptors (Lipinski definition) is 3. The summed E-state index contributed by atoms with van der Waals surface area (Å²) in [5, 5.41) is 9.08. The van der Waals surface area contributed by atoms with E-state index in [9.17, 15) is 4.79 Å². The third-order valence-electron chi connectivity index (χ3n) is 1.97. The fourth-order valence-corrected chi connectivity index (χ4v) is 1.16. The first kappa shape index (κ1) is 14.1. The van der Waals surface area contributed by atoms with Crippen molar-refractivity contribution in [1.82, 2.24) is 4.90 Å². The smallest absolute Gasteiger partial charge is 0.247 e. The van der Waals surface area contributed by atoms with Crippen LogP contribution in [0.5, 0.6) is 0 Å². The predicted octanol–water partition coefficient (Wildman–Crippen LogP) is 1.15. The van der Waals surface area contributed by atoms with Crippen LogP contribution in [0.4, 0.5) is 0 Å². The van der Waals surface area contributed by atoms with Crippen molar-refractivity contribution in [3.05, 3.63) is 12.2 Å². The Morgan fingerprint density at radius 3 is 2.60 bits per heavy atom. The molecule has 0 rings (SSSR count). The molecule has 0 aromatic rings. The van der Waals surface area contributed by atoms with Crippen LogP contribution in [0.25, 0.3) is 0 Å². The SMILES string of the molecule is CC=CC(=O)N(C)C(CC)OCC(C)O. The lowest BCUT2D eigenvalue weighted by molar-refractivity contribution is -0.141. The Bertz CT molecular complexity index is 214. The summed E-state index contributed by atoms with van der Waals surface area (Å²) < 4.78 is 5.40. The lowest BCUT2D eigenvalue weighted by Crippen LogP contribution is -2.38. The molecule has 4 nitrogen and oxygen atoms in total. The first-order valence-corrected chi connectivity index (χ1v) is 5.22. The maximum atomic E-state index is 11.5. The zero-order chi connectivity index (χ0) is 11.8. The number of amides is 1. The van der Waals surface area contributed by atoms with Crippen LogP contribution in [-0.2, 0) is 9.53 Å². The molecule has 88 valence electrons. The average molecular weight is 215 g/mol. The second-order valence-electron chi connectivity index (χ2n) is 3.49. The van der Waals surface area contributed by atoms with Gasteiger partial charge < -0.3 is 14.7 Å². The van der Waals surface area contributed by atoms with Gasteiger partial charge >= 0.3 is 0 Å². The molecule has 0 bridgehead atoms. The van der Waals surface area contributed by atoms with Gasteiger partial charge in [0, 0.05) is 7.05 Å². The van der Waals surface area contributed by atoms with Gasteiger partial charge in [0.15, 0.2) is 0 Å². The van der Waals surface area contributed by atoms with Crippen molar-refractivity contribution in [2.75, 3.05) is 13.7 Å². The number of aliphatic hydroxyl groups excluding tert-OH is 1. The van der Waals surface area contributed by atoms with E-state index in [0.717, 1.165) is 0 Å². The van der Waals surface area contributed by atoms with E-state index in [1.54, 1.807) is 27.0 Å². The molecule has 0 saturated carbocycles. The molecule has 0 heterocycles. The summed E-state index contributed by atoms with van der Waals surface area (Å²) >= 11 is 0. The molecule has 2 unspecified atom stereocenters. The van der Waals surface area contributed by atoms with E-state index in [1.807, 2.05) is 6.92 Å². The van der Waals surface area contributed by atoms with Crippen molar-refractivity contribution in [3.63, 3.8) is 0 Å². The van der Waals surface area contributed by atoms with Gasteiger partial charge in [-0.3, -0.25) is 4.79 Å². The quantitative estimate of drug-likeness (QED) is 0.534. The average Bonchev–Trinajstić information content (AvgIpc) is 2.18. The van der Waals surface area contributed by atoms with Crippen LogP contribution in [0.1, 0.15) is 27.2 Å². The van der Waals surface area contributed by atoms with Crippen LogP contribution in [0, 0.1) is 0 Å². The van der Waals surface area contributed by atoms with Gasteiger partial charge in [-0.15, -0.1) is 0 Å². The second-order valence-corrected chi connectivity index (χ2v) is 3.49. The lowest BCUT2D eigenvalue weighted by Gasteiger charge is -2.26. The van der Waals surface area contributed by atoms with Gasteiger partial charge in [0.05, 0.1) is 12.7 Å². The first-order valence-electron chi connectivity index (χ1n) is 5.22. The van der Waals surface area contributed by atoms with Crippen molar-refractivity contribution < 1.29 is 14.6 Å². The van der Waals surface area contributed by atoms with E-state index in [-0.39, 0.29) is 18.7 Å². The van der Waals surface area contributed by atoms with Crippen LogP contribution in [0.3, 0.4) is 0 Å². The van der Waals surface area contributed by atoms with Crippen molar-refractivity contribution in [2.45, 2.75) is 39.5 Å². The summed E-state index contributed by atoms with van der Waals surface area (Å²) in [4.78, 5) is 13.0. The van der Waals surface area contributed by atoms with Gasteiger partial charge in [0.2, 0.25) is 5.91 Å². The molecule has 0 aromatic carbocycles. The Balaban J connectivity index is 4.20. The first-order chi connectivity index (χ1) is 7.02. The van der Waals surface area contributed by atoms with Crippen LogP contribution in [0.2, 0.25) is 0 Å². The molecule has 0 aliphatic heterocycles. The number of ether oxygens (including phenoxy) is 1. The number of carbonyl (C=O) groups excluding carboxylic acids is 1. The number of allylic oxidation sites excluding steroid dienone is 1. The number of aliphatic hydroxyl groups is 1. The topological polar surface area (TPSA) is 49.8 Å². The predicted molar refractivity (Wildman–Crippen MR) is 59.3 cm³/mol. The molecule has 1 N–H and O–H groups in total. The Labute approximate surface area is 91.5 Å². The van der Waals surface area contributed by atoms with Crippen LogP contribution in [-0.4, -0.2) is 41.9 Å². The number of rotatable bonds is 6. The van der Waals surface area contributed by atoms with E-state index in [2.05, 4.69) is 0 Å². The zero-order valence-electron chi connectivity index (χ0n) is 9.93. The van der Waals surface area contributed by atoms with Crippen molar-refractivity contribution in [1.29, 1.82) is 0 Å². The summed E-state index contributed by atoms with van der Waals surface area (Å²) in [6.07, 6.45) is 3.11. The summed E-state index contributed by atoms with van der Waals surface area (Å²) in [5.74, 6) is -0.0880.